The van der Waals surface area contributed by atoms with Gasteiger partial charge in [0.05, 0.1) is 38.0 Å². The summed E-state index contributed by atoms with van der Waals surface area (Å²) in [4.78, 5) is 42.7. The molecule has 2 N–H and O–H groups in total. The summed E-state index contributed by atoms with van der Waals surface area (Å²) < 4.78 is 72.9. The van der Waals surface area contributed by atoms with E-state index < -0.39 is 38.5 Å². The molecular formula is C40H53F2N5O8S. The van der Waals surface area contributed by atoms with E-state index in [0.29, 0.717) is 18.8 Å². The Labute approximate surface area is 327 Å². The first-order chi connectivity index (χ1) is 26.9. The normalized spacial score (nSPS) is 23.7. The van der Waals surface area contributed by atoms with E-state index in [0.717, 1.165) is 69.4 Å². The molecule has 13 nitrogen and oxygen atoms in total. The number of anilines is 1. The van der Waals surface area contributed by atoms with E-state index >= 15 is 4.39 Å². The quantitative estimate of drug-likeness (QED) is 0.301. The summed E-state index contributed by atoms with van der Waals surface area (Å²) in [5.74, 6) is -1.18. The number of hydrogen-bond donors (Lipinski definition) is 2. The zero-order chi connectivity index (χ0) is 40.0. The van der Waals surface area contributed by atoms with E-state index in [-0.39, 0.29) is 73.3 Å². The zero-order valence-corrected chi connectivity index (χ0v) is 32.9. The van der Waals surface area contributed by atoms with Crippen molar-refractivity contribution in [1.29, 1.82) is 0 Å². The first-order valence-corrected chi connectivity index (χ1v) is 20.9. The minimum Gasteiger partial charge on any atom is -0.453 e. The summed E-state index contributed by atoms with van der Waals surface area (Å²) >= 11 is 0. The molecule has 2 aromatic rings. The number of carbonyl (C=O) groups is 3. The lowest BCUT2D eigenvalue weighted by atomic mass is 9.58. The number of halogens is 2. The van der Waals surface area contributed by atoms with Gasteiger partial charge in [0, 0.05) is 56.6 Å². The fourth-order valence-electron chi connectivity index (χ4n) is 9.45. The molecule has 0 radical (unpaired) electrons. The molecule has 6 rings (SSSR count). The Balaban J connectivity index is 1.11. The second-order valence-corrected chi connectivity index (χ2v) is 17.6. The predicted molar refractivity (Wildman–Crippen MR) is 205 cm³/mol. The molecule has 4 aliphatic rings. The summed E-state index contributed by atoms with van der Waals surface area (Å²) in [5, 5.41) is 4.94. The molecular weight excluding hydrogens is 749 g/mol. The van der Waals surface area contributed by atoms with E-state index in [2.05, 4.69) is 22.1 Å². The molecule has 1 saturated carbocycles. The molecule has 3 aliphatic heterocycles. The highest BCUT2D eigenvalue weighted by Crippen LogP contribution is 2.50. The van der Waals surface area contributed by atoms with Crippen LogP contribution >= 0.6 is 0 Å². The minimum absolute atomic E-state index is 0.0413. The van der Waals surface area contributed by atoms with Crippen molar-refractivity contribution < 1.29 is 45.8 Å². The maximum Gasteiger partial charge on any atom is 0.407 e. The van der Waals surface area contributed by atoms with Crippen molar-refractivity contribution in [3.63, 3.8) is 0 Å². The Morgan fingerprint density at radius 2 is 1.73 bits per heavy atom. The Morgan fingerprint density at radius 1 is 0.982 bits per heavy atom. The summed E-state index contributed by atoms with van der Waals surface area (Å²) in [6.45, 7) is 7.53. The summed E-state index contributed by atoms with van der Waals surface area (Å²) in [7, 11) is -1.36. The highest BCUT2D eigenvalue weighted by atomic mass is 32.2. The fraction of sp³-hybridized carbons (Fsp3) is 0.575. The van der Waals surface area contributed by atoms with Gasteiger partial charge in [-0.25, -0.2) is 26.8 Å². The number of ether oxygens (including phenoxy) is 3. The lowest BCUT2D eigenvalue weighted by Crippen LogP contribution is -2.58. The summed E-state index contributed by atoms with van der Waals surface area (Å²) in [5.41, 5.74) is 0.406. The van der Waals surface area contributed by atoms with Crippen LogP contribution in [0.15, 0.2) is 60.0 Å². The van der Waals surface area contributed by atoms with Gasteiger partial charge >= 0.3 is 12.2 Å². The van der Waals surface area contributed by atoms with Crippen LogP contribution in [0.25, 0.3) is 0 Å². The van der Waals surface area contributed by atoms with Crippen LogP contribution in [-0.2, 0) is 34.3 Å². The van der Waals surface area contributed by atoms with Crippen LogP contribution in [-0.4, -0.2) is 127 Å². The van der Waals surface area contributed by atoms with Gasteiger partial charge in [-0.1, -0.05) is 25.1 Å². The second kappa shape index (κ2) is 17.9. The number of carbonyl (C=O) groups excluding carboxylic acids is 3. The van der Waals surface area contributed by atoms with Crippen molar-refractivity contribution in [2.45, 2.75) is 53.7 Å². The number of methoxy groups -OCH3 is 2. The van der Waals surface area contributed by atoms with Crippen molar-refractivity contribution in [3.05, 3.63) is 72.3 Å². The van der Waals surface area contributed by atoms with E-state index in [1.54, 1.807) is 12.1 Å². The number of nitrogens with one attached hydrogen (secondary N) is 2. The highest BCUT2D eigenvalue weighted by Gasteiger charge is 2.52. The van der Waals surface area contributed by atoms with Gasteiger partial charge in [-0.15, -0.1) is 0 Å². The molecule has 16 heteroatoms. The smallest absolute Gasteiger partial charge is 0.407 e. The van der Waals surface area contributed by atoms with Crippen LogP contribution in [0.1, 0.15) is 37.7 Å². The standard InChI is InChI=1S/C40H53F2N5O8S/c1-4-37(48)46-17-18-55-25-32(24-46)56(51,52)31-11-12-36(34(42)20-31)47-22-27(23-47)21-45-15-13-28(14-16-45)40(26-43-38(49)53-2,29-7-5-8-30(41)19-29)33-9-6-10-35(33)44-39(50)54-3/h4-5,7-8,11-12,19-20,27-28,32-33,35H,1,6,9-10,13-18,21-26H2,2-3H3,(H,43,49)(H,44,50)/t32-,33-,35-,40-/m0/s1. The maximum absolute atomic E-state index is 15.5. The number of piperidine rings is 1. The van der Waals surface area contributed by atoms with Gasteiger partial charge in [-0.3, -0.25) is 4.79 Å². The number of nitrogens with zero attached hydrogens (tertiary/aromatic N) is 3. The van der Waals surface area contributed by atoms with Crippen LogP contribution in [0.2, 0.25) is 0 Å². The van der Waals surface area contributed by atoms with Crippen molar-refractivity contribution >= 4 is 33.6 Å². The number of likely N-dealkylation sites (tertiary alicyclic amines) is 1. The van der Waals surface area contributed by atoms with E-state index in [1.165, 1.54) is 37.3 Å². The Hall–Kier alpha value is -4.28. The van der Waals surface area contributed by atoms with Gasteiger partial charge in [-0.2, -0.15) is 0 Å². The molecule has 3 saturated heterocycles. The average Bonchev–Trinajstić information content (AvgIpc) is 3.49. The van der Waals surface area contributed by atoms with Crippen LogP contribution in [0.5, 0.6) is 0 Å². The molecule has 0 unspecified atom stereocenters. The van der Waals surface area contributed by atoms with Gasteiger partial charge < -0.3 is 39.5 Å². The topological polar surface area (TPSA) is 147 Å². The molecule has 4 fully saturated rings. The van der Waals surface area contributed by atoms with Gasteiger partial charge in [0.15, 0.2) is 9.84 Å². The Morgan fingerprint density at radius 3 is 2.41 bits per heavy atom. The molecule has 0 bridgehead atoms. The van der Waals surface area contributed by atoms with Crippen LogP contribution < -0.4 is 15.5 Å². The van der Waals surface area contributed by atoms with Gasteiger partial charge in [0.2, 0.25) is 5.91 Å². The molecule has 2 aromatic carbocycles. The number of amides is 3. The van der Waals surface area contributed by atoms with Gasteiger partial charge in [0.25, 0.3) is 0 Å². The van der Waals surface area contributed by atoms with Gasteiger partial charge in [-0.05, 0) is 92.6 Å². The Bertz CT molecular complexity index is 1850. The molecule has 0 aromatic heterocycles. The lowest BCUT2D eigenvalue weighted by Gasteiger charge is -2.51. The monoisotopic (exact) mass is 801 g/mol. The molecule has 1 aliphatic carbocycles. The third-order valence-corrected chi connectivity index (χ3v) is 14.3. The Kier molecular flexibility index (Phi) is 13.2. The maximum atomic E-state index is 15.5. The molecule has 0 spiro atoms. The first-order valence-electron chi connectivity index (χ1n) is 19.3. The molecule has 306 valence electrons. The van der Waals surface area contributed by atoms with Crippen molar-refractivity contribution in [1.82, 2.24) is 20.4 Å². The third-order valence-electron chi connectivity index (χ3n) is 12.3. The van der Waals surface area contributed by atoms with Crippen molar-refractivity contribution in [2.24, 2.45) is 17.8 Å². The predicted octanol–water partition coefficient (Wildman–Crippen LogP) is 4.12. The lowest BCUT2D eigenvalue weighted by molar-refractivity contribution is -0.126. The molecule has 3 heterocycles. The van der Waals surface area contributed by atoms with E-state index in [4.69, 9.17) is 14.2 Å². The van der Waals surface area contributed by atoms with Crippen molar-refractivity contribution in [3.8, 4) is 0 Å². The van der Waals surface area contributed by atoms with Crippen LogP contribution in [0, 0.1) is 29.4 Å². The first kappa shape index (κ1) is 41.4. The number of benzene rings is 2. The zero-order valence-electron chi connectivity index (χ0n) is 32.1. The number of rotatable bonds is 12. The summed E-state index contributed by atoms with van der Waals surface area (Å²) in [6.07, 6.45) is 3.94. The van der Waals surface area contributed by atoms with Crippen molar-refractivity contribution in [2.75, 3.05) is 84.7 Å². The molecule has 4 atom stereocenters. The minimum atomic E-state index is -3.99. The average molecular weight is 802 g/mol. The van der Waals surface area contributed by atoms with E-state index in [1.807, 2.05) is 11.0 Å². The SMILES string of the molecule is C=CC(=O)N1CCOC[C@@H](S(=O)(=O)c2ccc(N3CC(CN4CCC([C@@](CNC(=O)OC)(c5cccc(F)c5)[C@H]5CCC[C@@H]5NC(=O)OC)CC4)C3)c(F)c2)C1. The fourth-order valence-corrected chi connectivity index (χ4v) is 11.0. The highest BCUT2D eigenvalue weighted by molar-refractivity contribution is 7.92. The van der Waals surface area contributed by atoms with Crippen LogP contribution in [0.3, 0.4) is 0 Å². The second-order valence-electron chi connectivity index (χ2n) is 15.4. The molecule has 3 amide bonds. The molecule has 56 heavy (non-hydrogen) atoms. The number of hydrogen-bond acceptors (Lipinski definition) is 10. The third kappa shape index (κ3) is 8.81. The number of sulfone groups is 1. The number of alkyl carbamates (subject to hydrolysis) is 2. The summed E-state index contributed by atoms with van der Waals surface area (Å²) in [6, 6.07) is 10.3. The van der Waals surface area contributed by atoms with Gasteiger partial charge in [0.1, 0.15) is 16.9 Å². The van der Waals surface area contributed by atoms with E-state index in [9.17, 15) is 27.2 Å². The largest absolute Gasteiger partial charge is 0.453 e. The van der Waals surface area contributed by atoms with Crippen LogP contribution in [0.4, 0.5) is 24.1 Å².